The van der Waals surface area contributed by atoms with Crippen LogP contribution in [0.1, 0.15) is 40.1 Å². The average Bonchev–Trinajstić information content (AvgIpc) is 2.80. The molecule has 6 nitrogen and oxygen atoms in total. The van der Waals surface area contributed by atoms with E-state index in [0.717, 1.165) is 18.2 Å². The van der Waals surface area contributed by atoms with Gasteiger partial charge in [0.15, 0.2) is 0 Å². The van der Waals surface area contributed by atoms with Crippen molar-refractivity contribution in [2.24, 2.45) is 5.92 Å². The maximum atomic E-state index is 13.7. The highest BCUT2D eigenvalue weighted by molar-refractivity contribution is 6.06. The fraction of sp³-hybridized carbons (Fsp3) is 0.160. The second kappa shape index (κ2) is 10.4. The van der Waals surface area contributed by atoms with Crippen molar-refractivity contribution in [1.29, 1.82) is 0 Å². The number of alkyl halides is 3. The Morgan fingerprint density at radius 1 is 0.714 bits per heavy atom. The third-order valence-electron chi connectivity index (χ3n) is 4.88. The van der Waals surface area contributed by atoms with E-state index in [4.69, 9.17) is 0 Å². The van der Waals surface area contributed by atoms with Crippen molar-refractivity contribution in [3.8, 4) is 0 Å². The molecule has 0 bridgehead atoms. The van der Waals surface area contributed by atoms with Crippen LogP contribution in [0, 0.1) is 11.7 Å². The van der Waals surface area contributed by atoms with E-state index in [-0.39, 0.29) is 28.6 Å². The Morgan fingerprint density at radius 3 is 1.77 bits per heavy atom. The van der Waals surface area contributed by atoms with E-state index in [1.54, 1.807) is 13.8 Å². The van der Waals surface area contributed by atoms with Crippen LogP contribution in [0.4, 0.5) is 34.6 Å². The molecule has 0 saturated heterocycles. The van der Waals surface area contributed by atoms with Crippen molar-refractivity contribution in [2.45, 2.75) is 20.0 Å². The van der Waals surface area contributed by atoms with Crippen LogP contribution in [0.3, 0.4) is 0 Å². The first kappa shape index (κ1) is 25.4. The summed E-state index contributed by atoms with van der Waals surface area (Å²) >= 11 is 0. The zero-order valence-electron chi connectivity index (χ0n) is 18.7. The molecule has 0 aliphatic carbocycles. The summed E-state index contributed by atoms with van der Waals surface area (Å²) in [6.07, 6.45) is -4.83. The minimum atomic E-state index is -4.83. The molecule has 3 amide bonds. The third-order valence-corrected chi connectivity index (χ3v) is 4.88. The largest absolute Gasteiger partial charge is 0.418 e. The van der Waals surface area contributed by atoms with Gasteiger partial charge in [-0.1, -0.05) is 13.8 Å². The van der Waals surface area contributed by atoms with Gasteiger partial charge in [0.1, 0.15) is 5.82 Å². The molecular formula is C25H21F4N3O3. The van der Waals surface area contributed by atoms with Gasteiger partial charge in [0.05, 0.1) is 11.3 Å². The molecule has 0 radical (unpaired) electrons. The fourth-order valence-electron chi connectivity index (χ4n) is 2.96. The molecule has 3 rings (SSSR count). The SMILES string of the molecule is CC(C)C(=O)Nc1ccc(C(=O)Nc2ccc(NC(=O)c3ccc(F)cc3)cc2C(F)(F)F)cc1. The predicted molar refractivity (Wildman–Crippen MR) is 124 cm³/mol. The second-order valence-corrected chi connectivity index (χ2v) is 7.89. The van der Waals surface area contributed by atoms with Gasteiger partial charge in [0, 0.05) is 28.4 Å². The van der Waals surface area contributed by atoms with E-state index in [1.807, 2.05) is 0 Å². The maximum absolute atomic E-state index is 13.7. The van der Waals surface area contributed by atoms with Crippen molar-refractivity contribution in [3.63, 3.8) is 0 Å². The van der Waals surface area contributed by atoms with Gasteiger partial charge in [-0.15, -0.1) is 0 Å². The summed E-state index contributed by atoms with van der Waals surface area (Å²) in [5.41, 5.74) is -1.24. The van der Waals surface area contributed by atoms with E-state index in [0.29, 0.717) is 11.8 Å². The molecule has 0 heterocycles. The Hall–Kier alpha value is -4.21. The lowest BCUT2D eigenvalue weighted by atomic mass is 10.1. The number of benzene rings is 3. The number of nitrogens with one attached hydrogen (secondary N) is 3. The molecule has 3 aromatic carbocycles. The van der Waals surface area contributed by atoms with Crippen LogP contribution in [0.2, 0.25) is 0 Å². The molecule has 0 aliphatic rings. The number of hydrogen-bond donors (Lipinski definition) is 3. The van der Waals surface area contributed by atoms with Gasteiger partial charge < -0.3 is 16.0 Å². The first-order valence-corrected chi connectivity index (χ1v) is 10.4. The minimum absolute atomic E-state index is 0.0605. The number of rotatable bonds is 6. The van der Waals surface area contributed by atoms with Crippen LogP contribution >= 0.6 is 0 Å². The Bertz CT molecular complexity index is 1240. The average molecular weight is 487 g/mol. The number of halogens is 4. The molecular weight excluding hydrogens is 466 g/mol. The van der Waals surface area contributed by atoms with E-state index in [2.05, 4.69) is 16.0 Å². The Kier molecular flexibility index (Phi) is 7.53. The summed E-state index contributed by atoms with van der Waals surface area (Å²) in [5, 5.41) is 7.20. The maximum Gasteiger partial charge on any atom is 0.418 e. The Morgan fingerprint density at radius 2 is 1.23 bits per heavy atom. The first-order chi connectivity index (χ1) is 16.4. The van der Waals surface area contributed by atoms with Crippen molar-refractivity contribution in [2.75, 3.05) is 16.0 Å². The highest BCUT2D eigenvalue weighted by Crippen LogP contribution is 2.37. The Balaban J connectivity index is 1.77. The number of amides is 3. The van der Waals surface area contributed by atoms with Crippen LogP contribution in [0.5, 0.6) is 0 Å². The van der Waals surface area contributed by atoms with E-state index < -0.39 is 35.1 Å². The minimum Gasteiger partial charge on any atom is -0.326 e. The van der Waals surface area contributed by atoms with Crippen molar-refractivity contribution in [3.05, 3.63) is 89.2 Å². The summed E-state index contributed by atoms with van der Waals surface area (Å²) in [7, 11) is 0. The third kappa shape index (κ3) is 6.66. The van der Waals surface area contributed by atoms with Crippen molar-refractivity contribution >= 4 is 34.8 Å². The summed E-state index contributed by atoms with van der Waals surface area (Å²) in [6, 6.07) is 13.1. The molecule has 0 spiro atoms. The summed E-state index contributed by atoms with van der Waals surface area (Å²) < 4.78 is 54.1. The lowest BCUT2D eigenvalue weighted by Crippen LogP contribution is -2.19. The molecule has 10 heteroatoms. The lowest BCUT2D eigenvalue weighted by Gasteiger charge is -2.16. The standard InChI is InChI=1S/C25H21F4N3O3/c1-14(2)22(33)30-18-9-5-16(6-10-18)24(35)32-21-12-11-19(13-20(21)25(27,28)29)31-23(34)15-3-7-17(26)8-4-15/h3-14H,1-2H3,(H,30,33)(H,31,34)(H,32,35). The van der Waals surface area contributed by atoms with Crippen molar-refractivity contribution in [1.82, 2.24) is 0 Å². The zero-order chi connectivity index (χ0) is 25.8. The summed E-state index contributed by atoms with van der Waals surface area (Å²) in [5.74, 6) is -2.54. The van der Waals surface area contributed by atoms with Gasteiger partial charge in [0.25, 0.3) is 11.8 Å². The molecule has 3 N–H and O–H groups in total. The Labute approximate surface area is 198 Å². The van der Waals surface area contributed by atoms with Gasteiger partial charge in [0.2, 0.25) is 5.91 Å². The number of carbonyl (C=O) groups is 3. The summed E-state index contributed by atoms with van der Waals surface area (Å²) in [6.45, 7) is 3.43. The van der Waals surface area contributed by atoms with Crippen LogP contribution < -0.4 is 16.0 Å². The number of anilines is 3. The van der Waals surface area contributed by atoms with Gasteiger partial charge in [-0.2, -0.15) is 13.2 Å². The van der Waals surface area contributed by atoms with E-state index in [1.165, 1.54) is 42.5 Å². The molecule has 35 heavy (non-hydrogen) atoms. The normalized spacial score (nSPS) is 11.2. The molecule has 0 aromatic heterocycles. The molecule has 0 fully saturated rings. The summed E-state index contributed by atoms with van der Waals surface area (Å²) in [4.78, 5) is 36.6. The molecule has 0 aliphatic heterocycles. The van der Waals surface area contributed by atoms with Crippen LogP contribution in [-0.4, -0.2) is 17.7 Å². The smallest absolute Gasteiger partial charge is 0.326 e. The van der Waals surface area contributed by atoms with Crippen LogP contribution in [0.25, 0.3) is 0 Å². The predicted octanol–water partition coefficient (Wildman–Crippen LogP) is 5.94. The van der Waals surface area contributed by atoms with E-state index in [9.17, 15) is 31.9 Å². The number of carbonyl (C=O) groups excluding carboxylic acids is 3. The van der Waals surface area contributed by atoms with Gasteiger partial charge in [-0.3, -0.25) is 14.4 Å². The molecule has 3 aromatic rings. The van der Waals surface area contributed by atoms with Crippen LogP contribution in [-0.2, 0) is 11.0 Å². The first-order valence-electron chi connectivity index (χ1n) is 10.4. The lowest BCUT2D eigenvalue weighted by molar-refractivity contribution is -0.136. The fourth-order valence-corrected chi connectivity index (χ4v) is 2.96. The van der Waals surface area contributed by atoms with Crippen LogP contribution in [0.15, 0.2) is 66.7 Å². The van der Waals surface area contributed by atoms with E-state index >= 15 is 0 Å². The monoisotopic (exact) mass is 487 g/mol. The highest BCUT2D eigenvalue weighted by atomic mass is 19.4. The van der Waals surface area contributed by atoms with Gasteiger partial charge >= 0.3 is 6.18 Å². The topological polar surface area (TPSA) is 87.3 Å². The molecule has 0 unspecified atom stereocenters. The van der Waals surface area contributed by atoms with Gasteiger partial charge in [-0.05, 0) is 66.7 Å². The molecule has 0 saturated carbocycles. The number of hydrogen-bond acceptors (Lipinski definition) is 3. The van der Waals surface area contributed by atoms with Crippen molar-refractivity contribution < 1.29 is 31.9 Å². The molecule has 182 valence electrons. The highest BCUT2D eigenvalue weighted by Gasteiger charge is 2.34. The second-order valence-electron chi connectivity index (χ2n) is 7.89. The molecule has 0 atom stereocenters. The quantitative estimate of drug-likeness (QED) is 0.376. The van der Waals surface area contributed by atoms with Gasteiger partial charge in [-0.25, -0.2) is 4.39 Å². The zero-order valence-corrected chi connectivity index (χ0v) is 18.7.